The second-order valence-electron chi connectivity index (χ2n) is 6.08. The Morgan fingerprint density at radius 2 is 1.72 bits per heavy atom. The molecule has 1 saturated heterocycles. The lowest BCUT2D eigenvalue weighted by atomic mass is 10.2. The van der Waals surface area contributed by atoms with Crippen LogP contribution in [0, 0.1) is 5.82 Å². The monoisotopic (exact) mass is 358 g/mol. The van der Waals surface area contributed by atoms with Gasteiger partial charge >= 0.3 is 0 Å². The summed E-state index contributed by atoms with van der Waals surface area (Å²) in [6, 6.07) is 14.0. The minimum atomic E-state index is -0.218. The Labute approximate surface area is 152 Å². The molecule has 0 N–H and O–H groups in total. The molecule has 25 heavy (non-hydrogen) atoms. The molecule has 0 bridgehead atoms. The van der Waals surface area contributed by atoms with Crippen LogP contribution in [0.15, 0.2) is 54.6 Å². The molecular weight excluding hydrogens is 339 g/mol. The van der Waals surface area contributed by atoms with Crippen molar-refractivity contribution in [1.29, 1.82) is 0 Å². The van der Waals surface area contributed by atoms with E-state index >= 15 is 0 Å². The van der Waals surface area contributed by atoms with Crippen LogP contribution in [0.2, 0.25) is 5.02 Å². The van der Waals surface area contributed by atoms with Crippen molar-refractivity contribution in [3.63, 3.8) is 0 Å². The molecule has 0 saturated carbocycles. The summed E-state index contributed by atoms with van der Waals surface area (Å²) in [5.41, 5.74) is 1.92. The number of piperazine rings is 1. The van der Waals surface area contributed by atoms with Crippen molar-refractivity contribution in [2.45, 2.75) is 6.54 Å². The van der Waals surface area contributed by atoms with Gasteiger partial charge in [0, 0.05) is 43.8 Å². The quantitative estimate of drug-likeness (QED) is 0.775. The predicted octanol–water partition coefficient (Wildman–Crippen LogP) is 3.84. The lowest BCUT2D eigenvalue weighted by Crippen LogP contribution is -2.47. The fourth-order valence-corrected chi connectivity index (χ4v) is 3.05. The molecule has 2 aromatic rings. The molecule has 1 amide bonds. The number of rotatable bonds is 4. The number of hydrogen-bond donors (Lipinski definition) is 0. The Balaban J connectivity index is 1.50. The van der Waals surface area contributed by atoms with Gasteiger partial charge in [0.2, 0.25) is 5.91 Å². The molecular formula is C20H20ClFN2O. The summed E-state index contributed by atoms with van der Waals surface area (Å²) in [5.74, 6) is -0.217. The zero-order valence-electron chi connectivity index (χ0n) is 13.9. The lowest BCUT2D eigenvalue weighted by molar-refractivity contribution is -0.127. The second-order valence-corrected chi connectivity index (χ2v) is 6.49. The van der Waals surface area contributed by atoms with Crippen LogP contribution in [-0.4, -0.2) is 41.9 Å². The normalized spacial score (nSPS) is 15.7. The molecule has 1 heterocycles. The summed E-state index contributed by atoms with van der Waals surface area (Å²) in [6.07, 6.45) is 3.34. The molecule has 0 unspecified atom stereocenters. The average molecular weight is 359 g/mol. The third-order valence-electron chi connectivity index (χ3n) is 4.31. The first kappa shape index (κ1) is 17.6. The molecule has 3 nitrogen and oxygen atoms in total. The topological polar surface area (TPSA) is 23.6 Å². The Morgan fingerprint density at radius 1 is 1.04 bits per heavy atom. The Bertz CT molecular complexity index is 753. The van der Waals surface area contributed by atoms with Crippen molar-refractivity contribution >= 4 is 23.6 Å². The van der Waals surface area contributed by atoms with E-state index in [1.54, 1.807) is 30.4 Å². The van der Waals surface area contributed by atoms with Gasteiger partial charge in [-0.1, -0.05) is 41.9 Å². The van der Waals surface area contributed by atoms with Crippen molar-refractivity contribution in [1.82, 2.24) is 9.80 Å². The molecule has 1 aliphatic heterocycles. The fraction of sp³-hybridized carbons (Fsp3) is 0.250. The van der Waals surface area contributed by atoms with Crippen molar-refractivity contribution in [2.24, 2.45) is 0 Å². The van der Waals surface area contributed by atoms with Gasteiger partial charge < -0.3 is 4.90 Å². The number of amides is 1. The van der Waals surface area contributed by atoms with E-state index in [9.17, 15) is 9.18 Å². The van der Waals surface area contributed by atoms with E-state index in [4.69, 9.17) is 11.6 Å². The second kappa shape index (κ2) is 8.28. The first-order valence-electron chi connectivity index (χ1n) is 8.30. The standard InChI is InChI=1S/C20H20ClFN2O/c21-19-4-2-1-3-17(19)7-10-20(25)24-13-11-23(12-14-24)15-16-5-8-18(22)9-6-16/h1-10H,11-15H2. The minimum absolute atomic E-state index is 0.00125. The number of carbonyl (C=O) groups excluding carboxylic acids is 1. The number of carbonyl (C=O) groups is 1. The molecule has 2 aromatic carbocycles. The van der Waals surface area contributed by atoms with Gasteiger partial charge in [0.15, 0.2) is 0 Å². The summed E-state index contributed by atoms with van der Waals surface area (Å²) in [5, 5.41) is 0.635. The van der Waals surface area contributed by atoms with Gasteiger partial charge in [0.25, 0.3) is 0 Å². The van der Waals surface area contributed by atoms with E-state index in [0.717, 1.165) is 30.8 Å². The minimum Gasteiger partial charge on any atom is -0.337 e. The Kier molecular flexibility index (Phi) is 5.84. The van der Waals surface area contributed by atoms with Gasteiger partial charge in [0.05, 0.1) is 0 Å². The van der Waals surface area contributed by atoms with E-state index in [0.29, 0.717) is 18.1 Å². The number of benzene rings is 2. The third kappa shape index (κ3) is 4.91. The van der Waals surface area contributed by atoms with E-state index < -0.39 is 0 Å². The molecule has 3 rings (SSSR count). The fourth-order valence-electron chi connectivity index (χ4n) is 2.85. The van der Waals surface area contributed by atoms with Crippen LogP contribution in [0.25, 0.3) is 6.08 Å². The first-order valence-corrected chi connectivity index (χ1v) is 8.68. The van der Waals surface area contributed by atoms with E-state index in [1.165, 1.54) is 12.1 Å². The van der Waals surface area contributed by atoms with Crippen molar-refractivity contribution in [2.75, 3.05) is 26.2 Å². The molecule has 1 fully saturated rings. The molecule has 130 valence electrons. The van der Waals surface area contributed by atoms with Gasteiger partial charge in [-0.2, -0.15) is 0 Å². The van der Waals surface area contributed by atoms with Gasteiger partial charge in [-0.25, -0.2) is 4.39 Å². The Morgan fingerprint density at radius 3 is 2.40 bits per heavy atom. The zero-order chi connectivity index (χ0) is 17.6. The molecule has 1 aliphatic rings. The average Bonchev–Trinajstić information content (AvgIpc) is 2.63. The maximum Gasteiger partial charge on any atom is 0.246 e. The predicted molar refractivity (Wildman–Crippen MR) is 98.7 cm³/mol. The summed E-state index contributed by atoms with van der Waals surface area (Å²) < 4.78 is 13.0. The van der Waals surface area contributed by atoms with E-state index in [2.05, 4.69) is 4.90 Å². The van der Waals surface area contributed by atoms with E-state index in [1.807, 2.05) is 23.1 Å². The highest BCUT2D eigenvalue weighted by atomic mass is 35.5. The molecule has 0 aliphatic carbocycles. The van der Waals surface area contributed by atoms with Crippen LogP contribution in [0.3, 0.4) is 0 Å². The highest BCUT2D eigenvalue weighted by Gasteiger charge is 2.19. The molecule has 0 spiro atoms. The van der Waals surface area contributed by atoms with Crippen molar-refractivity contribution < 1.29 is 9.18 Å². The van der Waals surface area contributed by atoms with Crippen LogP contribution >= 0.6 is 11.6 Å². The summed E-state index contributed by atoms with van der Waals surface area (Å²) >= 11 is 6.09. The zero-order valence-corrected chi connectivity index (χ0v) is 14.6. The summed E-state index contributed by atoms with van der Waals surface area (Å²) in [4.78, 5) is 16.4. The first-order chi connectivity index (χ1) is 12.1. The number of halogens is 2. The Hall–Kier alpha value is -2.17. The third-order valence-corrected chi connectivity index (χ3v) is 4.66. The van der Waals surface area contributed by atoms with Gasteiger partial charge in [-0.3, -0.25) is 9.69 Å². The van der Waals surface area contributed by atoms with Crippen LogP contribution in [0.4, 0.5) is 4.39 Å². The summed E-state index contributed by atoms with van der Waals surface area (Å²) in [7, 11) is 0. The molecule has 0 aromatic heterocycles. The summed E-state index contributed by atoms with van der Waals surface area (Å²) in [6.45, 7) is 3.77. The number of hydrogen-bond acceptors (Lipinski definition) is 2. The van der Waals surface area contributed by atoms with Crippen molar-refractivity contribution in [3.05, 3.63) is 76.6 Å². The molecule has 5 heteroatoms. The van der Waals surface area contributed by atoms with Crippen molar-refractivity contribution in [3.8, 4) is 0 Å². The van der Waals surface area contributed by atoms with Crippen LogP contribution in [0.1, 0.15) is 11.1 Å². The smallest absolute Gasteiger partial charge is 0.246 e. The molecule has 0 atom stereocenters. The van der Waals surface area contributed by atoms with Gasteiger partial charge in [0.1, 0.15) is 5.82 Å². The highest BCUT2D eigenvalue weighted by Crippen LogP contribution is 2.16. The maximum absolute atomic E-state index is 13.0. The maximum atomic E-state index is 13.0. The highest BCUT2D eigenvalue weighted by molar-refractivity contribution is 6.32. The van der Waals surface area contributed by atoms with Crippen LogP contribution in [0.5, 0.6) is 0 Å². The largest absolute Gasteiger partial charge is 0.337 e. The van der Waals surface area contributed by atoms with Gasteiger partial charge in [-0.15, -0.1) is 0 Å². The SMILES string of the molecule is O=C(C=Cc1ccccc1Cl)N1CCN(Cc2ccc(F)cc2)CC1. The van der Waals surface area contributed by atoms with Crippen LogP contribution in [-0.2, 0) is 11.3 Å². The van der Waals surface area contributed by atoms with Crippen LogP contribution < -0.4 is 0 Å². The van der Waals surface area contributed by atoms with Gasteiger partial charge in [-0.05, 0) is 35.4 Å². The lowest BCUT2D eigenvalue weighted by Gasteiger charge is -2.34. The van der Waals surface area contributed by atoms with E-state index in [-0.39, 0.29) is 11.7 Å². The number of nitrogens with zero attached hydrogens (tertiary/aromatic N) is 2. The molecule has 0 radical (unpaired) electrons.